The fourth-order valence-electron chi connectivity index (χ4n) is 3.76. The Morgan fingerprint density at radius 1 is 1.30 bits per heavy atom. The Morgan fingerprint density at radius 3 is 2.83 bits per heavy atom. The molecule has 2 atom stereocenters. The first kappa shape index (κ1) is 15.7. The number of allylic oxidation sites excluding steroid dienone is 1. The summed E-state index contributed by atoms with van der Waals surface area (Å²) in [5.41, 5.74) is 12.2. The number of rotatable bonds is 4. The lowest BCUT2D eigenvalue weighted by molar-refractivity contribution is -0.126. The molecule has 1 fully saturated rings. The Bertz CT molecular complexity index is 658. The van der Waals surface area contributed by atoms with Crippen molar-refractivity contribution in [1.29, 1.82) is 0 Å². The number of likely N-dealkylation sites (N-methyl/N-ethyl adjacent to an activating group) is 1. The second-order valence-electron chi connectivity index (χ2n) is 6.56. The van der Waals surface area contributed by atoms with Crippen LogP contribution < -0.4 is 0 Å². The molecule has 1 aromatic carbocycles. The van der Waals surface area contributed by atoms with Crippen molar-refractivity contribution in [2.75, 3.05) is 13.6 Å². The van der Waals surface area contributed by atoms with E-state index in [1.54, 1.807) is 4.90 Å². The summed E-state index contributed by atoms with van der Waals surface area (Å²) in [4.78, 5) is 18.1. The lowest BCUT2D eigenvalue weighted by atomic mass is 9.70. The van der Waals surface area contributed by atoms with Crippen LogP contribution in [0, 0.1) is 11.8 Å². The maximum absolute atomic E-state index is 12.8. The summed E-state index contributed by atoms with van der Waals surface area (Å²) < 4.78 is 0. The van der Waals surface area contributed by atoms with Gasteiger partial charge in [-0.2, -0.15) is 4.79 Å². The second kappa shape index (κ2) is 6.93. The minimum atomic E-state index is 0.0131. The minimum absolute atomic E-state index is 0.0131. The summed E-state index contributed by atoms with van der Waals surface area (Å²) in [6.07, 6.45) is 6.84. The maximum atomic E-state index is 12.8. The Labute approximate surface area is 137 Å². The average Bonchev–Trinajstić information content (AvgIpc) is 2.59. The number of hydrogen-bond acceptors (Lipinski definition) is 1. The van der Waals surface area contributed by atoms with Gasteiger partial charge >= 0.3 is 0 Å². The van der Waals surface area contributed by atoms with Crippen LogP contribution in [0.1, 0.15) is 31.2 Å². The van der Waals surface area contributed by atoms with E-state index in [4.69, 9.17) is 0 Å². The van der Waals surface area contributed by atoms with Crippen molar-refractivity contribution in [3.8, 4) is 0 Å². The van der Waals surface area contributed by atoms with E-state index in [0.29, 0.717) is 12.5 Å². The molecule has 23 heavy (non-hydrogen) atoms. The highest BCUT2D eigenvalue weighted by molar-refractivity contribution is 6.02. The van der Waals surface area contributed by atoms with E-state index < -0.39 is 0 Å². The molecule has 0 heterocycles. The van der Waals surface area contributed by atoms with Crippen LogP contribution in [0.15, 0.2) is 42.0 Å². The van der Waals surface area contributed by atoms with Gasteiger partial charge in [-0.05, 0) is 31.2 Å². The van der Waals surface area contributed by atoms with E-state index in [0.717, 1.165) is 43.4 Å². The summed E-state index contributed by atoms with van der Waals surface area (Å²) in [5, 5.41) is 0. The fraction of sp³-hybridized carbons (Fsp3) is 0.474. The number of nitrogens with zero attached hydrogens (tertiary/aromatic N) is 3. The number of benzene rings is 1. The zero-order valence-corrected chi connectivity index (χ0v) is 13.6. The smallest absolute Gasteiger partial charge is 0.279 e. The van der Waals surface area contributed by atoms with Crippen molar-refractivity contribution in [3.05, 3.63) is 53.1 Å². The summed E-state index contributed by atoms with van der Waals surface area (Å²) in [6.45, 7) is 0.696. The molecule has 4 nitrogen and oxygen atoms in total. The van der Waals surface area contributed by atoms with E-state index in [1.165, 1.54) is 5.56 Å². The lowest BCUT2D eigenvalue weighted by Gasteiger charge is -2.31. The molecule has 2 aliphatic rings. The zero-order chi connectivity index (χ0) is 16.2. The van der Waals surface area contributed by atoms with Gasteiger partial charge in [0.05, 0.1) is 11.8 Å². The lowest BCUT2D eigenvalue weighted by Crippen LogP contribution is -2.40. The molecule has 2 bridgehead atoms. The van der Waals surface area contributed by atoms with Gasteiger partial charge in [0.25, 0.3) is 5.71 Å². The first-order chi connectivity index (χ1) is 11.2. The molecule has 0 saturated heterocycles. The van der Waals surface area contributed by atoms with Crippen molar-refractivity contribution < 1.29 is 9.58 Å². The average molecular weight is 309 g/mol. The van der Waals surface area contributed by atoms with Crippen LogP contribution in [0.25, 0.3) is 5.53 Å². The summed E-state index contributed by atoms with van der Waals surface area (Å²) in [6, 6.07) is 10.2. The maximum Gasteiger partial charge on any atom is 0.279 e. The molecular formula is C19H23N3O. The first-order valence-electron chi connectivity index (χ1n) is 8.42. The van der Waals surface area contributed by atoms with Crippen LogP contribution in [-0.4, -0.2) is 34.9 Å². The van der Waals surface area contributed by atoms with Gasteiger partial charge < -0.3 is 10.4 Å². The van der Waals surface area contributed by atoms with Gasteiger partial charge in [0.1, 0.15) is 0 Å². The van der Waals surface area contributed by atoms with Gasteiger partial charge in [0.2, 0.25) is 5.91 Å². The van der Waals surface area contributed by atoms with E-state index in [9.17, 15) is 10.3 Å². The van der Waals surface area contributed by atoms with Crippen LogP contribution in [0.3, 0.4) is 0 Å². The standard InChI is InChI=1S/C19H23N3O/c1-22(13-12-14-6-3-2-4-7-14)19(23)17-11-10-15-8-5-9-16(17)18(15)21-20/h2-4,6-7,11,15-16H,5,8-10,12-13H2,1H3. The topological polar surface area (TPSA) is 56.7 Å². The van der Waals surface area contributed by atoms with Crippen molar-refractivity contribution in [3.63, 3.8) is 0 Å². The molecule has 0 spiro atoms. The van der Waals surface area contributed by atoms with Crippen molar-refractivity contribution in [2.24, 2.45) is 11.8 Å². The van der Waals surface area contributed by atoms with Gasteiger partial charge in [0, 0.05) is 19.2 Å². The Kier molecular flexibility index (Phi) is 4.73. The van der Waals surface area contributed by atoms with Crippen LogP contribution in [-0.2, 0) is 11.2 Å². The molecule has 120 valence electrons. The third kappa shape index (κ3) is 3.27. The van der Waals surface area contributed by atoms with Crippen LogP contribution in [0.5, 0.6) is 0 Å². The normalized spacial score (nSPS) is 23.0. The van der Waals surface area contributed by atoms with Crippen molar-refractivity contribution >= 4 is 11.6 Å². The van der Waals surface area contributed by atoms with E-state index in [-0.39, 0.29) is 11.8 Å². The van der Waals surface area contributed by atoms with Crippen molar-refractivity contribution in [1.82, 2.24) is 4.90 Å². The third-order valence-corrected chi connectivity index (χ3v) is 5.11. The molecule has 0 aliphatic heterocycles. The monoisotopic (exact) mass is 309 g/mol. The molecule has 1 amide bonds. The summed E-state index contributed by atoms with van der Waals surface area (Å²) in [5.74, 6) is 0.413. The molecule has 4 heteroatoms. The number of carbonyl (C=O) groups excluding carboxylic acids is 1. The predicted molar refractivity (Wildman–Crippen MR) is 89.9 cm³/mol. The van der Waals surface area contributed by atoms with E-state index in [1.807, 2.05) is 25.2 Å². The summed E-state index contributed by atoms with van der Waals surface area (Å²) >= 11 is 0. The van der Waals surface area contributed by atoms with Crippen molar-refractivity contribution in [2.45, 2.75) is 32.1 Å². The van der Waals surface area contributed by atoms with Gasteiger partial charge in [-0.1, -0.05) is 42.8 Å². The number of fused-ring (bicyclic) bond motifs is 2. The number of hydrogen-bond donors (Lipinski definition) is 0. The molecule has 3 rings (SSSR count). The molecule has 0 aromatic heterocycles. The minimum Gasteiger partial charge on any atom is -0.362 e. The van der Waals surface area contributed by atoms with Gasteiger partial charge in [0.15, 0.2) is 0 Å². The highest BCUT2D eigenvalue weighted by atomic mass is 16.2. The van der Waals surface area contributed by atoms with Crippen LogP contribution in [0.4, 0.5) is 0 Å². The Balaban J connectivity index is 1.68. The third-order valence-electron chi connectivity index (χ3n) is 5.11. The molecule has 1 saturated carbocycles. The first-order valence-corrected chi connectivity index (χ1v) is 8.42. The summed E-state index contributed by atoms with van der Waals surface area (Å²) in [7, 11) is 1.86. The molecular weight excluding hydrogens is 286 g/mol. The van der Waals surface area contributed by atoms with Gasteiger partial charge in [-0.15, -0.1) is 0 Å². The molecule has 2 unspecified atom stereocenters. The van der Waals surface area contributed by atoms with Gasteiger partial charge in [-0.3, -0.25) is 4.79 Å². The Hall–Kier alpha value is -2.19. The van der Waals surface area contributed by atoms with Gasteiger partial charge in [-0.25, -0.2) is 0 Å². The number of amides is 1. The molecule has 0 radical (unpaired) electrons. The largest absolute Gasteiger partial charge is 0.362 e. The molecule has 0 N–H and O–H groups in total. The molecule has 1 aromatic rings. The van der Waals surface area contributed by atoms with Crippen LogP contribution in [0.2, 0.25) is 0 Å². The fourth-order valence-corrected chi connectivity index (χ4v) is 3.76. The second-order valence-corrected chi connectivity index (χ2v) is 6.56. The predicted octanol–water partition coefficient (Wildman–Crippen LogP) is 3.10. The zero-order valence-electron chi connectivity index (χ0n) is 13.6. The highest BCUT2D eigenvalue weighted by Crippen LogP contribution is 2.37. The van der Waals surface area contributed by atoms with E-state index >= 15 is 0 Å². The molecule has 2 aliphatic carbocycles. The Morgan fingerprint density at radius 2 is 2.09 bits per heavy atom. The SMILES string of the molecule is CN(CCc1ccccc1)C(=O)C1=CCC2CCCC1C2=[N+]=[N-]. The number of carbonyl (C=O) groups is 1. The van der Waals surface area contributed by atoms with Crippen LogP contribution >= 0.6 is 0 Å². The van der Waals surface area contributed by atoms with E-state index in [2.05, 4.69) is 23.0 Å². The highest BCUT2D eigenvalue weighted by Gasteiger charge is 2.43. The quantitative estimate of drug-likeness (QED) is 0.623.